The van der Waals surface area contributed by atoms with Crippen LogP contribution in [0.15, 0.2) is 29.3 Å². The number of rotatable bonds is 4. The van der Waals surface area contributed by atoms with E-state index >= 15 is 0 Å². The van der Waals surface area contributed by atoms with Gasteiger partial charge in [0.2, 0.25) is 5.91 Å². The summed E-state index contributed by atoms with van der Waals surface area (Å²) < 4.78 is 0. The normalized spacial score (nSPS) is 29.4. The van der Waals surface area contributed by atoms with E-state index in [9.17, 15) is 9.59 Å². The third kappa shape index (κ3) is 3.66. The average Bonchev–Trinajstić information content (AvgIpc) is 3.33. The summed E-state index contributed by atoms with van der Waals surface area (Å²) >= 11 is 0. The Balaban J connectivity index is 1.15. The molecule has 3 atom stereocenters. The third-order valence-corrected chi connectivity index (χ3v) is 8.13. The van der Waals surface area contributed by atoms with Crippen molar-refractivity contribution in [3.63, 3.8) is 0 Å². The molecule has 7 heteroatoms. The standard InChI is InChI=1S/C25H31N5O2/c31-24-20-8-10-29(13-16-4-3-9-26-12-16)15-21(20)27-23(28-24)17-7-11-30(14-17)25(32)22-18-5-1-2-6-19(18)22/h3-4,9,12,17-19,22H,1-2,5-8,10-11,13-15H2,(H,27,28,31). The third-order valence-electron chi connectivity index (χ3n) is 8.13. The summed E-state index contributed by atoms with van der Waals surface area (Å²) in [4.78, 5) is 42.5. The number of H-pyrrole nitrogens is 1. The second-order valence-corrected chi connectivity index (χ2v) is 10.1. The maximum absolute atomic E-state index is 13.1. The molecule has 2 aliphatic heterocycles. The van der Waals surface area contributed by atoms with E-state index in [1.165, 1.54) is 31.2 Å². The van der Waals surface area contributed by atoms with Crippen LogP contribution >= 0.6 is 0 Å². The molecule has 7 nitrogen and oxygen atoms in total. The van der Waals surface area contributed by atoms with Crippen LogP contribution in [-0.4, -0.2) is 50.3 Å². The van der Waals surface area contributed by atoms with Gasteiger partial charge in [0.1, 0.15) is 5.82 Å². The van der Waals surface area contributed by atoms with Crippen molar-refractivity contribution in [1.82, 2.24) is 24.8 Å². The molecule has 1 N–H and O–H groups in total. The van der Waals surface area contributed by atoms with Gasteiger partial charge in [-0.3, -0.25) is 19.5 Å². The SMILES string of the molecule is O=C(C1C2CCCCC21)N1CCC(c2nc3c(c(=O)[nH]2)CCN(Cc2cccnc2)C3)C1. The molecule has 1 amide bonds. The summed E-state index contributed by atoms with van der Waals surface area (Å²) in [6.07, 6.45) is 10.3. The Morgan fingerprint density at radius 2 is 2.00 bits per heavy atom. The van der Waals surface area contributed by atoms with Gasteiger partial charge in [-0.15, -0.1) is 0 Å². The number of fused-ring (bicyclic) bond motifs is 2. The number of aromatic amines is 1. The monoisotopic (exact) mass is 433 g/mol. The molecule has 0 aromatic carbocycles. The van der Waals surface area contributed by atoms with E-state index in [1.807, 2.05) is 17.2 Å². The number of aromatic nitrogens is 3. The Morgan fingerprint density at radius 1 is 1.16 bits per heavy atom. The van der Waals surface area contributed by atoms with Gasteiger partial charge in [-0.25, -0.2) is 4.98 Å². The number of pyridine rings is 1. The van der Waals surface area contributed by atoms with Gasteiger partial charge in [0, 0.05) is 62.5 Å². The minimum Gasteiger partial charge on any atom is -0.342 e. The van der Waals surface area contributed by atoms with E-state index in [0.717, 1.165) is 49.6 Å². The van der Waals surface area contributed by atoms with Crippen molar-refractivity contribution in [1.29, 1.82) is 0 Å². The van der Waals surface area contributed by atoms with Crippen molar-refractivity contribution >= 4 is 5.91 Å². The second kappa shape index (κ2) is 8.10. The fourth-order valence-corrected chi connectivity index (χ4v) is 6.34. The number of carbonyl (C=O) groups is 1. The number of amides is 1. The molecule has 0 bridgehead atoms. The van der Waals surface area contributed by atoms with Crippen LogP contribution in [0.2, 0.25) is 0 Å². The van der Waals surface area contributed by atoms with E-state index < -0.39 is 0 Å². The molecule has 6 rings (SSSR count). The molecule has 4 aliphatic rings. The number of nitrogens with one attached hydrogen (secondary N) is 1. The maximum Gasteiger partial charge on any atom is 0.254 e. The highest BCUT2D eigenvalue weighted by Gasteiger charge is 2.56. The molecule has 4 heterocycles. The van der Waals surface area contributed by atoms with Gasteiger partial charge in [0.25, 0.3) is 5.56 Å². The van der Waals surface area contributed by atoms with Crippen molar-refractivity contribution in [2.24, 2.45) is 17.8 Å². The maximum atomic E-state index is 13.1. The number of nitrogens with zero attached hydrogens (tertiary/aromatic N) is 4. The number of hydrogen-bond donors (Lipinski definition) is 1. The predicted octanol–water partition coefficient (Wildman–Crippen LogP) is 2.48. The lowest BCUT2D eigenvalue weighted by Gasteiger charge is -2.28. The molecule has 32 heavy (non-hydrogen) atoms. The topological polar surface area (TPSA) is 82.2 Å². The van der Waals surface area contributed by atoms with Crippen molar-refractivity contribution in [3.05, 3.63) is 57.5 Å². The molecular weight excluding hydrogens is 402 g/mol. The summed E-state index contributed by atoms with van der Waals surface area (Å²) in [5.41, 5.74) is 2.90. The summed E-state index contributed by atoms with van der Waals surface area (Å²) in [5, 5.41) is 0. The van der Waals surface area contributed by atoms with Crippen molar-refractivity contribution in [2.45, 2.75) is 57.5 Å². The molecule has 2 saturated carbocycles. The average molecular weight is 434 g/mol. The van der Waals surface area contributed by atoms with Crippen LogP contribution < -0.4 is 5.56 Å². The molecule has 1 saturated heterocycles. The van der Waals surface area contributed by atoms with Crippen LogP contribution in [-0.2, 0) is 24.3 Å². The largest absolute Gasteiger partial charge is 0.342 e. The summed E-state index contributed by atoms with van der Waals surface area (Å²) in [6.45, 7) is 3.82. The number of hydrogen-bond acceptors (Lipinski definition) is 5. The van der Waals surface area contributed by atoms with Gasteiger partial charge in [0.15, 0.2) is 0 Å². The first kappa shape index (κ1) is 20.1. The Labute approximate surface area is 188 Å². The zero-order valence-electron chi connectivity index (χ0n) is 18.5. The zero-order chi connectivity index (χ0) is 21.7. The highest BCUT2D eigenvalue weighted by molar-refractivity contribution is 5.82. The fourth-order valence-electron chi connectivity index (χ4n) is 6.34. The van der Waals surface area contributed by atoms with Gasteiger partial charge < -0.3 is 9.88 Å². The van der Waals surface area contributed by atoms with Gasteiger partial charge >= 0.3 is 0 Å². The first-order chi connectivity index (χ1) is 15.7. The van der Waals surface area contributed by atoms with E-state index in [1.54, 1.807) is 6.20 Å². The molecular formula is C25H31N5O2. The van der Waals surface area contributed by atoms with Gasteiger partial charge in [-0.05, 0) is 49.1 Å². The molecule has 168 valence electrons. The van der Waals surface area contributed by atoms with Crippen LogP contribution in [0.25, 0.3) is 0 Å². The summed E-state index contributed by atoms with van der Waals surface area (Å²) in [7, 11) is 0. The molecule has 2 aromatic rings. The highest BCUT2D eigenvalue weighted by Crippen LogP contribution is 2.56. The van der Waals surface area contributed by atoms with Crippen LogP contribution in [0, 0.1) is 17.8 Å². The van der Waals surface area contributed by atoms with E-state index in [-0.39, 0.29) is 17.4 Å². The minimum absolute atomic E-state index is 0.00372. The first-order valence-electron chi connectivity index (χ1n) is 12.2. The number of likely N-dealkylation sites (tertiary alicyclic amines) is 1. The fraction of sp³-hybridized carbons (Fsp3) is 0.600. The van der Waals surface area contributed by atoms with E-state index in [2.05, 4.69) is 20.9 Å². The lowest BCUT2D eigenvalue weighted by Crippen LogP contribution is -2.36. The van der Waals surface area contributed by atoms with E-state index in [0.29, 0.717) is 30.8 Å². The molecule has 3 unspecified atom stereocenters. The van der Waals surface area contributed by atoms with E-state index in [4.69, 9.17) is 4.98 Å². The zero-order valence-corrected chi connectivity index (χ0v) is 18.5. The van der Waals surface area contributed by atoms with Crippen molar-refractivity contribution in [3.8, 4) is 0 Å². The quantitative estimate of drug-likeness (QED) is 0.801. The Morgan fingerprint density at radius 3 is 2.78 bits per heavy atom. The smallest absolute Gasteiger partial charge is 0.254 e. The van der Waals surface area contributed by atoms with Crippen molar-refractivity contribution in [2.75, 3.05) is 19.6 Å². The van der Waals surface area contributed by atoms with Crippen LogP contribution in [0.3, 0.4) is 0 Å². The van der Waals surface area contributed by atoms with Crippen LogP contribution in [0.4, 0.5) is 0 Å². The molecule has 3 fully saturated rings. The highest BCUT2D eigenvalue weighted by atomic mass is 16.2. The Bertz CT molecular complexity index is 1060. The summed E-state index contributed by atoms with van der Waals surface area (Å²) in [5.74, 6) is 2.80. The predicted molar refractivity (Wildman–Crippen MR) is 120 cm³/mol. The van der Waals surface area contributed by atoms with Gasteiger partial charge in [-0.1, -0.05) is 18.9 Å². The number of carbonyl (C=O) groups excluding carboxylic acids is 1. The molecule has 2 aliphatic carbocycles. The van der Waals surface area contributed by atoms with Crippen molar-refractivity contribution < 1.29 is 4.79 Å². The summed E-state index contributed by atoms with van der Waals surface area (Å²) in [6, 6.07) is 4.04. The molecule has 0 radical (unpaired) electrons. The molecule has 0 spiro atoms. The van der Waals surface area contributed by atoms with Gasteiger partial charge in [0.05, 0.1) is 5.69 Å². The van der Waals surface area contributed by atoms with Gasteiger partial charge in [-0.2, -0.15) is 0 Å². The second-order valence-electron chi connectivity index (χ2n) is 10.1. The minimum atomic E-state index is 0.00372. The Hall–Kier alpha value is -2.54. The van der Waals surface area contributed by atoms with Crippen LogP contribution in [0.5, 0.6) is 0 Å². The Kier molecular flexibility index (Phi) is 5.09. The first-order valence-corrected chi connectivity index (χ1v) is 12.2. The van der Waals surface area contributed by atoms with Crippen LogP contribution in [0.1, 0.15) is 60.7 Å². The lowest BCUT2D eigenvalue weighted by atomic mass is 10.0. The lowest BCUT2D eigenvalue weighted by molar-refractivity contribution is -0.132. The molecule has 2 aromatic heterocycles.